The molecule has 2 aromatic rings. The van der Waals surface area contributed by atoms with Gasteiger partial charge in [0.25, 0.3) is 0 Å². The van der Waals surface area contributed by atoms with Crippen LogP contribution in [0, 0.1) is 5.92 Å². The van der Waals surface area contributed by atoms with Crippen molar-refractivity contribution >= 4 is 29.9 Å². The van der Waals surface area contributed by atoms with Gasteiger partial charge in [0.2, 0.25) is 0 Å². The highest BCUT2D eigenvalue weighted by Crippen LogP contribution is 2.33. The van der Waals surface area contributed by atoms with Crippen molar-refractivity contribution in [3.8, 4) is 5.75 Å². The maximum Gasteiger partial charge on any atom is 0.191 e. The van der Waals surface area contributed by atoms with Crippen LogP contribution < -0.4 is 15.4 Å². The molecule has 3 rings (SSSR count). The monoisotopic (exact) mass is 495 g/mol. The van der Waals surface area contributed by atoms with Gasteiger partial charge in [-0.2, -0.15) is 0 Å². The predicted molar refractivity (Wildman–Crippen MR) is 124 cm³/mol. The van der Waals surface area contributed by atoms with E-state index in [0.29, 0.717) is 12.5 Å². The maximum atomic E-state index is 5.99. The summed E-state index contributed by atoms with van der Waals surface area (Å²) in [6.07, 6.45) is 1.20. The van der Waals surface area contributed by atoms with Gasteiger partial charge in [0.15, 0.2) is 5.96 Å². The zero-order valence-electron chi connectivity index (χ0n) is 16.6. The largest absolute Gasteiger partial charge is 0.496 e. The van der Waals surface area contributed by atoms with Crippen LogP contribution in [0.3, 0.4) is 0 Å². The van der Waals surface area contributed by atoms with Crippen molar-refractivity contribution in [2.24, 2.45) is 10.9 Å². The minimum atomic E-state index is 0. The average molecular weight is 495 g/mol. The quantitative estimate of drug-likeness (QED) is 0.345. The zero-order valence-corrected chi connectivity index (χ0v) is 18.9. The van der Waals surface area contributed by atoms with E-state index in [4.69, 9.17) is 14.5 Å². The summed E-state index contributed by atoms with van der Waals surface area (Å²) in [5.41, 5.74) is 2.32. The number of benzene rings is 2. The van der Waals surface area contributed by atoms with E-state index in [0.717, 1.165) is 43.4 Å². The van der Waals surface area contributed by atoms with Crippen LogP contribution in [0.2, 0.25) is 0 Å². The van der Waals surface area contributed by atoms with E-state index in [1.807, 2.05) is 30.3 Å². The van der Waals surface area contributed by atoms with Crippen LogP contribution in [-0.4, -0.2) is 32.8 Å². The number of rotatable bonds is 7. The van der Waals surface area contributed by atoms with Crippen molar-refractivity contribution in [2.45, 2.75) is 26.0 Å². The molecule has 2 atom stereocenters. The van der Waals surface area contributed by atoms with E-state index >= 15 is 0 Å². The molecule has 0 spiro atoms. The Morgan fingerprint density at radius 1 is 1.11 bits per heavy atom. The minimum absolute atomic E-state index is 0. The lowest BCUT2D eigenvalue weighted by Crippen LogP contribution is -2.40. The standard InChI is InChI=1S/C22H29N3O2.HI/c1-3-23-22(24-15-18-11-7-8-12-20(18)26-2)25-16-19-13-14-27-21(19)17-9-5-4-6-10-17;/h4-12,19,21H,3,13-16H2,1-2H3,(H2,23,24,25);1H. The first kappa shape index (κ1) is 22.5. The summed E-state index contributed by atoms with van der Waals surface area (Å²) in [4.78, 5) is 4.72. The Labute approximate surface area is 184 Å². The molecular formula is C22H30IN3O2. The van der Waals surface area contributed by atoms with E-state index in [9.17, 15) is 0 Å². The zero-order chi connectivity index (χ0) is 18.9. The van der Waals surface area contributed by atoms with Crippen molar-refractivity contribution < 1.29 is 9.47 Å². The Hall–Kier alpha value is -1.80. The number of nitrogens with one attached hydrogen (secondary N) is 2. The second-order valence-corrected chi connectivity index (χ2v) is 6.64. The number of methoxy groups -OCH3 is 1. The topological polar surface area (TPSA) is 54.9 Å². The molecular weight excluding hydrogens is 465 g/mol. The smallest absolute Gasteiger partial charge is 0.191 e. The second kappa shape index (κ2) is 11.9. The second-order valence-electron chi connectivity index (χ2n) is 6.64. The fraction of sp³-hybridized carbons (Fsp3) is 0.409. The van der Waals surface area contributed by atoms with Gasteiger partial charge >= 0.3 is 0 Å². The van der Waals surface area contributed by atoms with Gasteiger partial charge in [-0.1, -0.05) is 48.5 Å². The third-order valence-corrected chi connectivity index (χ3v) is 4.82. The molecule has 2 unspecified atom stereocenters. The molecule has 0 radical (unpaired) electrons. The lowest BCUT2D eigenvalue weighted by molar-refractivity contribution is 0.0915. The van der Waals surface area contributed by atoms with Gasteiger partial charge in [0.05, 0.1) is 19.8 Å². The van der Waals surface area contributed by atoms with Crippen LogP contribution in [0.15, 0.2) is 59.6 Å². The summed E-state index contributed by atoms with van der Waals surface area (Å²) in [6.45, 7) is 5.10. The van der Waals surface area contributed by atoms with Gasteiger partial charge < -0.3 is 20.1 Å². The number of hydrogen-bond acceptors (Lipinski definition) is 3. The minimum Gasteiger partial charge on any atom is -0.496 e. The van der Waals surface area contributed by atoms with Gasteiger partial charge in [0.1, 0.15) is 5.75 Å². The van der Waals surface area contributed by atoms with E-state index < -0.39 is 0 Å². The molecule has 5 nitrogen and oxygen atoms in total. The van der Waals surface area contributed by atoms with Crippen molar-refractivity contribution in [3.63, 3.8) is 0 Å². The molecule has 2 aromatic carbocycles. The molecule has 0 amide bonds. The third-order valence-electron chi connectivity index (χ3n) is 4.82. The first-order valence-corrected chi connectivity index (χ1v) is 9.62. The molecule has 1 fully saturated rings. The number of para-hydroxylation sites is 1. The summed E-state index contributed by atoms with van der Waals surface area (Å²) in [7, 11) is 1.69. The molecule has 1 aliphatic heterocycles. The van der Waals surface area contributed by atoms with Crippen LogP contribution in [0.1, 0.15) is 30.6 Å². The molecule has 0 bridgehead atoms. The summed E-state index contributed by atoms with van der Waals surface area (Å²) >= 11 is 0. The number of nitrogens with zero attached hydrogens (tertiary/aromatic N) is 1. The van der Waals surface area contributed by atoms with E-state index in [2.05, 4.69) is 41.8 Å². The van der Waals surface area contributed by atoms with Gasteiger partial charge in [-0.05, 0) is 25.0 Å². The van der Waals surface area contributed by atoms with Crippen LogP contribution in [0.5, 0.6) is 5.75 Å². The first-order valence-electron chi connectivity index (χ1n) is 9.62. The molecule has 1 saturated heterocycles. The van der Waals surface area contributed by atoms with Gasteiger partial charge in [-0.15, -0.1) is 24.0 Å². The molecule has 28 heavy (non-hydrogen) atoms. The Bertz CT molecular complexity index is 740. The Kier molecular flexibility index (Phi) is 9.57. The van der Waals surface area contributed by atoms with Crippen molar-refractivity contribution in [2.75, 3.05) is 26.8 Å². The van der Waals surface area contributed by atoms with Crippen molar-refractivity contribution in [1.29, 1.82) is 0 Å². The van der Waals surface area contributed by atoms with Crippen LogP contribution in [-0.2, 0) is 11.3 Å². The van der Waals surface area contributed by atoms with E-state index in [1.54, 1.807) is 7.11 Å². The molecule has 1 heterocycles. The molecule has 2 N–H and O–H groups in total. The molecule has 1 aliphatic rings. The van der Waals surface area contributed by atoms with E-state index in [1.165, 1.54) is 5.56 Å². The highest BCUT2D eigenvalue weighted by atomic mass is 127. The van der Waals surface area contributed by atoms with Crippen LogP contribution in [0.4, 0.5) is 0 Å². The van der Waals surface area contributed by atoms with Gasteiger partial charge in [-0.3, -0.25) is 0 Å². The maximum absolute atomic E-state index is 5.99. The lowest BCUT2D eigenvalue weighted by atomic mass is 9.95. The summed E-state index contributed by atoms with van der Waals surface area (Å²) in [6, 6.07) is 18.5. The summed E-state index contributed by atoms with van der Waals surface area (Å²) in [5, 5.41) is 6.81. The van der Waals surface area contributed by atoms with Gasteiger partial charge in [-0.25, -0.2) is 4.99 Å². The lowest BCUT2D eigenvalue weighted by Gasteiger charge is -2.21. The number of halogens is 1. The summed E-state index contributed by atoms with van der Waals surface area (Å²) in [5.74, 6) is 2.12. The van der Waals surface area contributed by atoms with Crippen molar-refractivity contribution in [3.05, 3.63) is 65.7 Å². The molecule has 152 valence electrons. The van der Waals surface area contributed by atoms with E-state index in [-0.39, 0.29) is 30.1 Å². The molecule has 0 aliphatic carbocycles. The normalized spacial score (nSPS) is 19.0. The highest BCUT2D eigenvalue weighted by Gasteiger charge is 2.29. The predicted octanol–water partition coefficient (Wildman–Crippen LogP) is 4.15. The average Bonchev–Trinajstić information content (AvgIpc) is 3.19. The summed E-state index contributed by atoms with van der Waals surface area (Å²) < 4.78 is 11.4. The van der Waals surface area contributed by atoms with Crippen LogP contribution >= 0.6 is 24.0 Å². The number of ether oxygens (including phenoxy) is 2. The SMILES string of the molecule is CCNC(=NCc1ccccc1OC)NCC1CCOC1c1ccccc1.I. The van der Waals surface area contributed by atoms with Crippen molar-refractivity contribution in [1.82, 2.24) is 10.6 Å². The fourth-order valence-electron chi connectivity index (χ4n) is 3.42. The highest BCUT2D eigenvalue weighted by molar-refractivity contribution is 14.0. The Balaban J connectivity index is 0.00000280. The molecule has 0 aromatic heterocycles. The number of guanidine groups is 1. The number of aliphatic imine (C=N–C) groups is 1. The first-order chi connectivity index (χ1) is 13.3. The number of hydrogen-bond donors (Lipinski definition) is 2. The molecule has 0 saturated carbocycles. The molecule has 6 heteroatoms. The van der Waals surface area contributed by atoms with Crippen LogP contribution in [0.25, 0.3) is 0 Å². The Morgan fingerprint density at radius 2 is 1.86 bits per heavy atom. The Morgan fingerprint density at radius 3 is 2.61 bits per heavy atom. The van der Waals surface area contributed by atoms with Gasteiger partial charge in [0, 0.05) is 31.2 Å². The fourth-order valence-corrected chi connectivity index (χ4v) is 3.42. The third kappa shape index (κ3) is 6.10.